The van der Waals surface area contributed by atoms with Crippen LogP contribution in [0.1, 0.15) is 25.7 Å². The molecule has 0 bridgehead atoms. The highest BCUT2D eigenvalue weighted by Crippen LogP contribution is 2.43. The Morgan fingerprint density at radius 2 is 1.06 bits per heavy atom. The minimum Gasteiger partial charge on any atom is -0.0890 e. The molecule has 90 valence electrons. The van der Waals surface area contributed by atoms with Gasteiger partial charge in [0, 0.05) is 18.3 Å². The number of halogens is 2. The fourth-order valence-corrected chi connectivity index (χ4v) is 8.37. The lowest BCUT2D eigenvalue weighted by Gasteiger charge is -2.27. The lowest BCUT2D eigenvalue weighted by Crippen LogP contribution is -2.21. The zero-order chi connectivity index (χ0) is 11.4. The molecular formula is C12H16I2S2. The van der Waals surface area contributed by atoms with Crippen LogP contribution in [0, 0.1) is 0 Å². The summed E-state index contributed by atoms with van der Waals surface area (Å²) in [6, 6.07) is 0. The van der Waals surface area contributed by atoms with Crippen LogP contribution in [0.15, 0.2) is 24.3 Å². The van der Waals surface area contributed by atoms with Gasteiger partial charge in [0.05, 0.1) is 0 Å². The van der Waals surface area contributed by atoms with Gasteiger partial charge in [0.15, 0.2) is 0 Å². The maximum atomic E-state index is 2.62. The zero-order valence-corrected chi connectivity index (χ0v) is 15.0. The Morgan fingerprint density at radius 3 is 1.44 bits per heavy atom. The molecule has 0 aromatic carbocycles. The maximum Gasteiger partial charge on any atom is 0.0306 e. The first kappa shape index (κ1) is 14.1. The summed E-state index contributed by atoms with van der Waals surface area (Å²) in [7, 11) is 4.27. The van der Waals surface area contributed by atoms with E-state index in [4.69, 9.17) is 0 Å². The molecule has 2 rings (SSSR count). The van der Waals surface area contributed by atoms with Crippen molar-refractivity contribution in [3.8, 4) is 0 Å². The van der Waals surface area contributed by atoms with Gasteiger partial charge in [0.1, 0.15) is 0 Å². The van der Waals surface area contributed by atoms with Gasteiger partial charge in [-0.15, -0.1) is 0 Å². The monoisotopic (exact) mass is 478 g/mol. The third kappa shape index (κ3) is 4.09. The van der Waals surface area contributed by atoms with Crippen molar-refractivity contribution in [3.63, 3.8) is 0 Å². The SMILES string of the molecule is IC1CC=CCC1SSC1CC=CCC1I. The second kappa shape index (κ2) is 7.28. The van der Waals surface area contributed by atoms with E-state index in [1.165, 1.54) is 25.7 Å². The molecule has 0 saturated heterocycles. The Bertz CT molecular complexity index is 250. The Labute approximate surface area is 134 Å². The van der Waals surface area contributed by atoms with Crippen molar-refractivity contribution in [1.29, 1.82) is 0 Å². The van der Waals surface area contributed by atoms with E-state index < -0.39 is 0 Å². The molecule has 0 radical (unpaired) electrons. The van der Waals surface area contributed by atoms with Gasteiger partial charge in [0.2, 0.25) is 0 Å². The van der Waals surface area contributed by atoms with E-state index in [9.17, 15) is 0 Å². The molecule has 0 aromatic heterocycles. The first-order valence-electron chi connectivity index (χ1n) is 5.67. The Kier molecular flexibility index (Phi) is 6.40. The third-order valence-electron chi connectivity index (χ3n) is 2.90. The highest BCUT2D eigenvalue weighted by Gasteiger charge is 2.25. The van der Waals surface area contributed by atoms with Gasteiger partial charge in [0.25, 0.3) is 0 Å². The second-order valence-electron chi connectivity index (χ2n) is 4.19. The van der Waals surface area contributed by atoms with Crippen molar-refractivity contribution in [2.45, 2.75) is 44.0 Å². The van der Waals surface area contributed by atoms with E-state index in [0.717, 1.165) is 18.3 Å². The molecule has 0 heterocycles. The summed E-state index contributed by atoms with van der Waals surface area (Å²) in [6.45, 7) is 0. The lowest BCUT2D eigenvalue weighted by atomic mass is 10.1. The van der Waals surface area contributed by atoms with E-state index in [2.05, 4.69) is 91.1 Å². The molecule has 2 aliphatic carbocycles. The number of rotatable bonds is 3. The van der Waals surface area contributed by atoms with Gasteiger partial charge in [-0.3, -0.25) is 0 Å². The van der Waals surface area contributed by atoms with Gasteiger partial charge in [-0.25, -0.2) is 0 Å². The van der Waals surface area contributed by atoms with E-state index in [1.807, 2.05) is 0 Å². The molecule has 4 atom stereocenters. The van der Waals surface area contributed by atoms with Crippen LogP contribution in [0.25, 0.3) is 0 Å². The summed E-state index contributed by atoms with van der Waals surface area (Å²) in [5.74, 6) is 0. The molecule has 0 aromatic rings. The van der Waals surface area contributed by atoms with Crippen LogP contribution < -0.4 is 0 Å². The highest BCUT2D eigenvalue weighted by atomic mass is 127. The maximum absolute atomic E-state index is 2.62. The Balaban J connectivity index is 1.78. The van der Waals surface area contributed by atoms with Crippen molar-refractivity contribution in [1.82, 2.24) is 0 Å². The lowest BCUT2D eigenvalue weighted by molar-refractivity contribution is 0.788. The van der Waals surface area contributed by atoms with Gasteiger partial charge in [-0.2, -0.15) is 0 Å². The summed E-state index contributed by atoms with van der Waals surface area (Å²) in [4.78, 5) is 0. The molecule has 0 N–H and O–H groups in total. The zero-order valence-electron chi connectivity index (χ0n) is 9.02. The molecule has 2 aliphatic rings. The summed E-state index contributed by atoms with van der Waals surface area (Å²) < 4.78 is 1.65. The third-order valence-corrected chi connectivity index (χ3v) is 10.1. The quantitative estimate of drug-likeness (QED) is 0.230. The van der Waals surface area contributed by atoms with Gasteiger partial charge in [-0.05, 0) is 25.7 Å². The number of hydrogen-bond acceptors (Lipinski definition) is 2. The van der Waals surface area contributed by atoms with Crippen LogP contribution >= 0.6 is 66.8 Å². The van der Waals surface area contributed by atoms with Crippen molar-refractivity contribution < 1.29 is 0 Å². The Morgan fingerprint density at radius 1 is 0.688 bits per heavy atom. The van der Waals surface area contributed by atoms with Crippen LogP contribution in [0.2, 0.25) is 0 Å². The average molecular weight is 478 g/mol. The van der Waals surface area contributed by atoms with Crippen molar-refractivity contribution in [3.05, 3.63) is 24.3 Å². The van der Waals surface area contributed by atoms with E-state index in [-0.39, 0.29) is 0 Å². The fraction of sp³-hybridized carbons (Fsp3) is 0.667. The predicted octanol–water partition coefficient (Wildman–Crippen LogP) is 5.41. The number of alkyl halides is 2. The summed E-state index contributed by atoms with van der Waals surface area (Å²) in [6.07, 6.45) is 14.4. The molecule has 0 amide bonds. The van der Waals surface area contributed by atoms with Crippen LogP contribution in [-0.2, 0) is 0 Å². The summed E-state index contributed by atoms with van der Waals surface area (Å²) in [5, 5.41) is 1.65. The minimum absolute atomic E-state index is 0.824. The van der Waals surface area contributed by atoms with E-state index in [0.29, 0.717) is 0 Å². The molecule has 0 spiro atoms. The van der Waals surface area contributed by atoms with Crippen LogP contribution in [0.3, 0.4) is 0 Å². The summed E-state index contributed by atoms with van der Waals surface area (Å²) in [5.41, 5.74) is 0. The predicted molar refractivity (Wildman–Crippen MR) is 95.1 cm³/mol. The van der Waals surface area contributed by atoms with E-state index >= 15 is 0 Å². The normalized spacial score (nSPS) is 38.9. The molecule has 0 saturated carbocycles. The number of hydrogen-bond donors (Lipinski definition) is 0. The first-order valence-corrected chi connectivity index (χ1v) is 10.4. The van der Waals surface area contributed by atoms with Crippen LogP contribution in [0.4, 0.5) is 0 Å². The largest absolute Gasteiger partial charge is 0.0890 e. The van der Waals surface area contributed by atoms with Crippen LogP contribution in [-0.4, -0.2) is 18.3 Å². The van der Waals surface area contributed by atoms with Gasteiger partial charge >= 0.3 is 0 Å². The van der Waals surface area contributed by atoms with E-state index in [1.54, 1.807) is 0 Å². The number of allylic oxidation sites excluding steroid dienone is 4. The average Bonchev–Trinajstić information content (AvgIpc) is 2.30. The topological polar surface area (TPSA) is 0 Å². The molecule has 16 heavy (non-hydrogen) atoms. The molecule has 0 nitrogen and oxygen atoms in total. The van der Waals surface area contributed by atoms with Gasteiger partial charge < -0.3 is 0 Å². The molecular weight excluding hydrogens is 462 g/mol. The Hall–Kier alpha value is 1.64. The fourth-order valence-electron chi connectivity index (χ4n) is 1.85. The smallest absolute Gasteiger partial charge is 0.0306 e. The minimum atomic E-state index is 0.824. The van der Waals surface area contributed by atoms with Crippen LogP contribution in [0.5, 0.6) is 0 Å². The molecule has 4 heteroatoms. The standard InChI is InChI=1S/C12H16I2S2/c13-9-5-1-3-7-11(9)15-16-12-8-4-2-6-10(12)14/h1-4,9-12H,5-8H2. The summed E-state index contributed by atoms with van der Waals surface area (Å²) >= 11 is 5.23. The second-order valence-corrected chi connectivity index (χ2v) is 10.1. The van der Waals surface area contributed by atoms with Crippen molar-refractivity contribution >= 4 is 66.8 Å². The highest BCUT2D eigenvalue weighted by molar-refractivity contribution is 14.1. The molecule has 0 fully saturated rings. The van der Waals surface area contributed by atoms with Crippen molar-refractivity contribution in [2.75, 3.05) is 0 Å². The molecule has 4 unspecified atom stereocenters. The van der Waals surface area contributed by atoms with Gasteiger partial charge in [-0.1, -0.05) is 91.1 Å². The van der Waals surface area contributed by atoms with Crippen molar-refractivity contribution in [2.24, 2.45) is 0 Å². The first-order chi connectivity index (χ1) is 7.77. The molecule has 0 aliphatic heterocycles.